The Morgan fingerprint density at radius 2 is 1.64 bits per heavy atom. The van der Waals surface area contributed by atoms with E-state index < -0.39 is 30.4 Å². The van der Waals surface area contributed by atoms with E-state index in [4.69, 9.17) is 9.84 Å². The Morgan fingerprint density at radius 1 is 1.11 bits per heavy atom. The number of ether oxygens (including phenoxy) is 1. The third kappa shape index (κ3) is 4.47. The van der Waals surface area contributed by atoms with Gasteiger partial charge in [-0.15, -0.1) is 0 Å². The number of alkyl halides is 2. The molecular formula is C21H21F2NO4. The first kappa shape index (κ1) is 19.8. The van der Waals surface area contributed by atoms with Crippen molar-refractivity contribution in [1.82, 2.24) is 5.32 Å². The van der Waals surface area contributed by atoms with E-state index in [1.165, 1.54) is 0 Å². The smallest absolute Gasteiger partial charge is 0.407 e. The van der Waals surface area contributed by atoms with Crippen LogP contribution in [0.5, 0.6) is 0 Å². The Bertz CT molecular complexity index is 833. The lowest BCUT2D eigenvalue weighted by Crippen LogP contribution is -2.42. The predicted octanol–water partition coefficient (Wildman–Crippen LogP) is 4.41. The Labute approximate surface area is 161 Å². The summed E-state index contributed by atoms with van der Waals surface area (Å²) >= 11 is 0. The summed E-state index contributed by atoms with van der Waals surface area (Å²) in [4.78, 5) is 23.3. The van der Waals surface area contributed by atoms with E-state index in [9.17, 15) is 18.4 Å². The van der Waals surface area contributed by atoms with Crippen molar-refractivity contribution in [2.45, 2.75) is 37.6 Å². The largest absolute Gasteiger partial charge is 0.480 e. The summed E-state index contributed by atoms with van der Waals surface area (Å²) in [5.74, 6) is -4.55. The number of fused-ring (bicyclic) bond motifs is 3. The van der Waals surface area contributed by atoms with Gasteiger partial charge in [-0.05, 0) is 35.6 Å². The second-order valence-electron chi connectivity index (χ2n) is 6.97. The number of carbonyl (C=O) groups is 2. The first-order chi connectivity index (χ1) is 13.3. The van der Waals surface area contributed by atoms with Crippen molar-refractivity contribution in [3.05, 3.63) is 59.7 Å². The molecule has 0 aromatic heterocycles. The molecule has 2 aromatic carbocycles. The van der Waals surface area contributed by atoms with Crippen LogP contribution in [-0.2, 0) is 9.53 Å². The van der Waals surface area contributed by atoms with Crippen molar-refractivity contribution < 1.29 is 28.2 Å². The molecule has 2 N–H and O–H groups in total. The summed E-state index contributed by atoms with van der Waals surface area (Å²) in [6, 6.07) is 14.2. The van der Waals surface area contributed by atoms with Gasteiger partial charge in [0.15, 0.2) is 0 Å². The number of benzene rings is 2. The van der Waals surface area contributed by atoms with Gasteiger partial charge in [-0.1, -0.05) is 48.5 Å². The molecular weight excluding hydrogens is 368 g/mol. The highest BCUT2D eigenvalue weighted by Gasteiger charge is 2.30. The minimum absolute atomic E-state index is 0.0239. The topological polar surface area (TPSA) is 75.6 Å². The molecule has 148 valence electrons. The third-order valence-corrected chi connectivity index (χ3v) is 4.81. The molecule has 5 nitrogen and oxygen atoms in total. The zero-order chi connectivity index (χ0) is 20.3. The molecule has 0 saturated carbocycles. The van der Waals surface area contributed by atoms with Crippen molar-refractivity contribution in [1.29, 1.82) is 0 Å². The predicted molar refractivity (Wildman–Crippen MR) is 99.5 cm³/mol. The lowest BCUT2D eigenvalue weighted by molar-refractivity contribution is -0.139. The summed E-state index contributed by atoms with van der Waals surface area (Å²) in [5.41, 5.74) is 4.19. The number of hydrogen-bond donors (Lipinski definition) is 2. The second-order valence-corrected chi connectivity index (χ2v) is 6.97. The van der Waals surface area contributed by atoms with Crippen LogP contribution in [0.25, 0.3) is 11.1 Å². The number of carboxylic acids is 1. The highest BCUT2D eigenvalue weighted by atomic mass is 19.3. The first-order valence-corrected chi connectivity index (χ1v) is 8.98. The Hall–Kier alpha value is -2.96. The molecule has 1 unspecified atom stereocenters. The van der Waals surface area contributed by atoms with Gasteiger partial charge in [0.25, 0.3) is 0 Å². The fourth-order valence-electron chi connectivity index (χ4n) is 3.44. The highest BCUT2D eigenvalue weighted by Crippen LogP contribution is 2.44. The van der Waals surface area contributed by atoms with Gasteiger partial charge < -0.3 is 15.2 Å². The van der Waals surface area contributed by atoms with Gasteiger partial charge in [0.1, 0.15) is 12.6 Å². The lowest BCUT2D eigenvalue weighted by Gasteiger charge is -2.18. The molecule has 0 spiro atoms. The van der Waals surface area contributed by atoms with Crippen molar-refractivity contribution in [3.63, 3.8) is 0 Å². The van der Waals surface area contributed by atoms with E-state index >= 15 is 0 Å². The summed E-state index contributed by atoms with van der Waals surface area (Å²) < 4.78 is 31.2. The van der Waals surface area contributed by atoms with Crippen molar-refractivity contribution in [2.24, 2.45) is 0 Å². The molecule has 0 heterocycles. The van der Waals surface area contributed by atoms with E-state index in [2.05, 4.69) is 5.32 Å². The fraction of sp³-hybridized carbons (Fsp3) is 0.333. The molecule has 0 radical (unpaired) electrons. The number of rotatable bonds is 7. The molecule has 28 heavy (non-hydrogen) atoms. The molecule has 1 aliphatic carbocycles. The molecule has 0 saturated heterocycles. The quantitative estimate of drug-likeness (QED) is 0.735. The highest BCUT2D eigenvalue weighted by molar-refractivity contribution is 5.81. The zero-order valence-corrected chi connectivity index (χ0v) is 15.3. The fourth-order valence-corrected chi connectivity index (χ4v) is 3.44. The van der Waals surface area contributed by atoms with Crippen LogP contribution in [0.4, 0.5) is 13.6 Å². The first-order valence-electron chi connectivity index (χ1n) is 8.98. The molecule has 0 aliphatic heterocycles. The number of carboxylic acid groups (broad SMARTS) is 1. The van der Waals surface area contributed by atoms with E-state index in [0.717, 1.165) is 22.3 Å². The number of aliphatic carboxylic acids is 1. The number of hydrogen-bond acceptors (Lipinski definition) is 3. The minimum Gasteiger partial charge on any atom is -0.480 e. The molecule has 0 fully saturated rings. The molecule has 1 atom stereocenters. The van der Waals surface area contributed by atoms with E-state index in [1.54, 1.807) is 0 Å². The number of alkyl carbamates (subject to hydrolysis) is 1. The van der Waals surface area contributed by atoms with Crippen LogP contribution in [0.2, 0.25) is 0 Å². The lowest BCUT2D eigenvalue weighted by atomic mass is 9.98. The van der Waals surface area contributed by atoms with Gasteiger partial charge in [-0.2, -0.15) is 0 Å². The summed E-state index contributed by atoms with van der Waals surface area (Å²) in [6.07, 6.45) is -1.97. The molecule has 0 bridgehead atoms. The standard InChI is InChI=1S/C21H21F2NO4/c1-21(22,23)11-10-18(19(25)26)24-20(27)28-12-17-15-8-4-2-6-13(15)14-7-3-5-9-16(14)17/h2-9,17-18H,10-12H2,1H3,(H,24,27)(H,25,26). The number of nitrogens with one attached hydrogen (secondary N) is 1. The van der Waals surface area contributed by atoms with E-state index in [0.29, 0.717) is 6.92 Å². The van der Waals surface area contributed by atoms with Crippen molar-refractivity contribution >= 4 is 12.1 Å². The minimum atomic E-state index is -3.00. The van der Waals surface area contributed by atoms with E-state index in [-0.39, 0.29) is 18.9 Å². The second kappa shape index (κ2) is 7.96. The van der Waals surface area contributed by atoms with Crippen LogP contribution < -0.4 is 5.32 Å². The van der Waals surface area contributed by atoms with Crippen molar-refractivity contribution in [2.75, 3.05) is 6.61 Å². The van der Waals surface area contributed by atoms with Gasteiger partial charge in [-0.25, -0.2) is 18.4 Å². The van der Waals surface area contributed by atoms with Crippen LogP contribution in [0, 0.1) is 0 Å². The Balaban J connectivity index is 1.65. The van der Waals surface area contributed by atoms with Gasteiger partial charge in [0.2, 0.25) is 5.92 Å². The molecule has 1 amide bonds. The van der Waals surface area contributed by atoms with Crippen molar-refractivity contribution in [3.8, 4) is 11.1 Å². The normalized spacial score (nSPS) is 14.1. The molecule has 3 rings (SSSR count). The number of carbonyl (C=O) groups excluding carboxylic acids is 1. The summed E-state index contributed by atoms with van der Waals surface area (Å²) in [7, 11) is 0. The maximum atomic E-state index is 13.0. The van der Waals surface area contributed by atoms with Crippen LogP contribution in [0.15, 0.2) is 48.5 Å². The van der Waals surface area contributed by atoms with Gasteiger partial charge >= 0.3 is 12.1 Å². The van der Waals surface area contributed by atoms with Crippen LogP contribution >= 0.6 is 0 Å². The van der Waals surface area contributed by atoms with Gasteiger partial charge in [-0.3, -0.25) is 0 Å². The average molecular weight is 389 g/mol. The molecule has 1 aliphatic rings. The van der Waals surface area contributed by atoms with Gasteiger partial charge in [0, 0.05) is 12.3 Å². The monoisotopic (exact) mass is 389 g/mol. The summed E-state index contributed by atoms with van der Waals surface area (Å²) in [6.45, 7) is 0.731. The summed E-state index contributed by atoms with van der Waals surface area (Å²) in [5, 5.41) is 11.3. The maximum absolute atomic E-state index is 13.0. The van der Waals surface area contributed by atoms with Gasteiger partial charge in [0.05, 0.1) is 0 Å². The Morgan fingerprint density at radius 3 is 2.14 bits per heavy atom. The Kier molecular flexibility index (Phi) is 5.63. The number of halogens is 2. The number of amides is 1. The third-order valence-electron chi connectivity index (χ3n) is 4.81. The van der Waals surface area contributed by atoms with Crippen LogP contribution in [0.3, 0.4) is 0 Å². The SMILES string of the molecule is CC(F)(F)CCC(NC(=O)OCC1c2ccccc2-c2ccccc21)C(=O)O. The molecule has 7 heteroatoms. The average Bonchev–Trinajstić information content (AvgIpc) is 2.96. The van der Waals surface area contributed by atoms with Crippen LogP contribution in [0.1, 0.15) is 36.8 Å². The molecule has 2 aromatic rings. The van der Waals surface area contributed by atoms with E-state index in [1.807, 2.05) is 48.5 Å². The van der Waals surface area contributed by atoms with Crippen LogP contribution in [-0.4, -0.2) is 35.7 Å². The zero-order valence-electron chi connectivity index (χ0n) is 15.3. The maximum Gasteiger partial charge on any atom is 0.407 e.